The maximum atomic E-state index is 5.94. The van der Waals surface area contributed by atoms with E-state index in [4.69, 9.17) is 10.2 Å². The van der Waals surface area contributed by atoms with Crippen LogP contribution in [0.3, 0.4) is 0 Å². The molecule has 4 heteroatoms. The van der Waals surface area contributed by atoms with Crippen molar-refractivity contribution in [3.8, 4) is 0 Å². The third kappa shape index (κ3) is 2.90. The van der Waals surface area contributed by atoms with Crippen molar-refractivity contribution in [2.45, 2.75) is 25.9 Å². The maximum Gasteiger partial charge on any atom is 0.0952 e. The van der Waals surface area contributed by atoms with Gasteiger partial charge in [-0.2, -0.15) is 0 Å². The van der Waals surface area contributed by atoms with Gasteiger partial charge in [0.05, 0.1) is 30.1 Å². The lowest BCUT2D eigenvalue weighted by atomic mass is 10.1. The molecule has 0 aliphatic carbocycles. The van der Waals surface area contributed by atoms with Crippen molar-refractivity contribution in [3.05, 3.63) is 48.2 Å². The van der Waals surface area contributed by atoms with E-state index in [0.717, 1.165) is 29.9 Å². The van der Waals surface area contributed by atoms with E-state index in [1.54, 1.807) is 12.5 Å². The highest BCUT2D eigenvalue weighted by Crippen LogP contribution is 2.17. The second-order valence-corrected chi connectivity index (χ2v) is 4.44. The summed E-state index contributed by atoms with van der Waals surface area (Å²) in [6.45, 7) is 2.86. The van der Waals surface area contributed by atoms with Gasteiger partial charge in [-0.3, -0.25) is 4.98 Å². The summed E-state index contributed by atoms with van der Waals surface area (Å²) in [5.74, 6) is 0. The standard InChI is InChI=1S/C14H19N3O/c1-3-13(15)14-5-4-12(8-16-14)17(2)9-11-6-7-18-10-11/h4-8,10,13H,3,9,15H2,1-2H3/t13-/m0/s1. The molecule has 2 aromatic heterocycles. The Hall–Kier alpha value is -1.81. The first-order valence-corrected chi connectivity index (χ1v) is 6.14. The molecule has 0 bridgehead atoms. The van der Waals surface area contributed by atoms with Gasteiger partial charge >= 0.3 is 0 Å². The Morgan fingerprint density at radius 1 is 1.39 bits per heavy atom. The molecule has 2 N–H and O–H groups in total. The highest BCUT2D eigenvalue weighted by molar-refractivity contribution is 5.44. The molecule has 0 unspecified atom stereocenters. The smallest absolute Gasteiger partial charge is 0.0952 e. The molecule has 2 aromatic rings. The third-order valence-corrected chi connectivity index (χ3v) is 3.03. The van der Waals surface area contributed by atoms with Crippen molar-refractivity contribution >= 4 is 5.69 Å². The van der Waals surface area contributed by atoms with E-state index >= 15 is 0 Å². The van der Waals surface area contributed by atoms with E-state index in [2.05, 4.69) is 22.9 Å². The van der Waals surface area contributed by atoms with Crippen LogP contribution in [0.2, 0.25) is 0 Å². The summed E-state index contributed by atoms with van der Waals surface area (Å²) in [6.07, 6.45) is 6.21. The lowest BCUT2D eigenvalue weighted by Gasteiger charge is -2.18. The molecule has 0 spiro atoms. The van der Waals surface area contributed by atoms with Crippen molar-refractivity contribution in [2.75, 3.05) is 11.9 Å². The number of nitrogens with zero attached hydrogens (tertiary/aromatic N) is 2. The minimum atomic E-state index is 0.0261. The molecule has 0 saturated carbocycles. The zero-order valence-corrected chi connectivity index (χ0v) is 10.8. The van der Waals surface area contributed by atoms with E-state index in [1.807, 2.05) is 25.4 Å². The molecule has 2 rings (SSSR count). The summed E-state index contributed by atoms with van der Waals surface area (Å²) in [6, 6.07) is 6.04. The molecular weight excluding hydrogens is 226 g/mol. The average Bonchev–Trinajstić information content (AvgIpc) is 2.91. The van der Waals surface area contributed by atoms with Crippen LogP contribution >= 0.6 is 0 Å². The molecule has 0 aliphatic heterocycles. The van der Waals surface area contributed by atoms with Crippen LogP contribution in [0.5, 0.6) is 0 Å². The van der Waals surface area contributed by atoms with Crippen molar-refractivity contribution in [1.82, 2.24) is 4.98 Å². The van der Waals surface area contributed by atoms with Crippen LogP contribution in [0.4, 0.5) is 5.69 Å². The van der Waals surface area contributed by atoms with Crippen LogP contribution in [0, 0.1) is 0 Å². The van der Waals surface area contributed by atoms with Gasteiger partial charge in [0.25, 0.3) is 0 Å². The minimum Gasteiger partial charge on any atom is -0.472 e. The largest absolute Gasteiger partial charge is 0.472 e. The van der Waals surface area contributed by atoms with E-state index in [0.29, 0.717) is 0 Å². The Morgan fingerprint density at radius 2 is 2.22 bits per heavy atom. The number of hydrogen-bond donors (Lipinski definition) is 1. The van der Waals surface area contributed by atoms with Crippen LogP contribution in [0.25, 0.3) is 0 Å². The van der Waals surface area contributed by atoms with E-state index in [1.165, 1.54) is 0 Å². The number of pyridine rings is 1. The van der Waals surface area contributed by atoms with E-state index in [-0.39, 0.29) is 6.04 Å². The first kappa shape index (κ1) is 12.6. The molecule has 0 amide bonds. The molecule has 18 heavy (non-hydrogen) atoms. The Kier molecular flexibility index (Phi) is 3.99. The molecular formula is C14H19N3O. The molecule has 4 nitrogen and oxygen atoms in total. The molecule has 0 aromatic carbocycles. The zero-order chi connectivity index (χ0) is 13.0. The molecule has 2 heterocycles. The van der Waals surface area contributed by atoms with Crippen molar-refractivity contribution in [2.24, 2.45) is 5.73 Å². The SMILES string of the molecule is CC[C@H](N)c1ccc(N(C)Cc2ccoc2)cn1. The van der Waals surface area contributed by atoms with Crippen LogP contribution in [-0.4, -0.2) is 12.0 Å². The Bertz CT molecular complexity index is 464. The quantitative estimate of drug-likeness (QED) is 0.880. The fraction of sp³-hybridized carbons (Fsp3) is 0.357. The number of hydrogen-bond acceptors (Lipinski definition) is 4. The number of nitrogens with two attached hydrogens (primary N) is 1. The van der Waals surface area contributed by atoms with Crippen LogP contribution in [0.15, 0.2) is 41.3 Å². The van der Waals surface area contributed by atoms with Crippen LogP contribution in [-0.2, 0) is 6.54 Å². The summed E-state index contributed by atoms with van der Waals surface area (Å²) in [5, 5.41) is 0. The van der Waals surface area contributed by atoms with Gasteiger partial charge in [-0.05, 0) is 24.6 Å². The number of rotatable bonds is 5. The zero-order valence-electron chi connectivity index (χ0n) is 10.8. The highest BCUT2D eigenvalue weighted by atomic mass is 16.3. The van der Waals surface area contributed by atoms with Gasteiger partial charge in [-0.25, -0.2) is 0 Å². The van der Waals surface area contributed by atoms with Gasteiger partial charge in [0.15, 0.2) is 0 Å². The van der Waals surface area contributed by atoms with Crippen molar-refractivity contribution in [3.63, 3.8) is 0 Å². The lowest BCUT2D eigenvalue weighted by molar-refractivity contribution is 0.563. The van der Waals surface area contributed by atoms with Crippen molar-refractivity contribution < 1.29 is 4.42 Å². The first-order valence-electron chi connectivity index (χ1n) is 6.14. The fourth-order valence-corrected chi connectivity index (χ4v) is 1.80. The summed E-state index contributed by atoms with van der Waals surface area (Å²) in [5.41, 5.74) is 9.10. The summed E-state index contributed by atoms with van der Waals surface area (Å²) in [4.78, 5) is 6.53. The normalized spacial score (nSPS) is 12.4. The minimum absolute atomic E-state index is 0.0261. The average molecular weight is 245 g/mol. The molecule has 1 atom stereocenters. The van der Waals surface area contributed by atoms with Gasteiger partial charge in [0.1, 0.15) is 0 Å². The lowest BCUT2D eigenvalue weighted by Crippen LogP contribution is -2.17. The number of aromatic nitrogens is 1. The molecule has 0 fully saturated rings. The molecule has 0 aliphatic rings. The number of anilines is 1. The predicted molar refractivity (Wildman–Crippen MR) is 72.3 cm³/mol. The third-order valence-electron chi connectivity index (χ3n) is 3.03. The summed E-state index contributed by atoms with van der Waals surface area (Å²) < 4.78 is 5.06. The Labute approximate surface area is 107 Å². The van der Waals surface area contributed by atoms with E-state index in [9.17, 15) is 0 Å². The maximum absolute atomic E-state index is 5.94. The van der Waals surface area contributed by atoms with Gasteiger partial charge < -0.3 is 15.1 Å². The monoisotopic (exact) mass is 245 g/mol. The van der Waals surface area contributed by atoms with Crippen LogP contribution in [0.1, 0.15) is 30.6 Å². The second kappa shape index (κ2) is 5.69. The predicted octanol–water partition coefficient (Wildman–Crippen LogP) is 2.72. The molecule has 0 saturated heterocycles. The molecule has 0 radical (unpaired) electrons. The van der Waals surface area contributed by atoms with Crippen molar-refractivity contribution in [1.29, 1.82) is 0 Å². The summed E-state index contributed by atoms with van der Waals surface area (Å²) in [7, 11) is 2.03. The highest BCUT2D eigenvalue weighted by Gasteiger charge is 2.07. The fourth-order valence-electron chi connectivity index (χ4n) is 1.80. The number of furan rings is 1. The van der Waals surface area contributed by atoms with Gasteiger partial charge in [0, 0.05) is 25.2 Å². The van der Waals surface area contributed by atoms with E-state index < -0.39 is 0 Å². The molecule has 96 valence electrons. The van der Waals surface area contributed by atoms with Gasteiger partial charge in [-0.1, -0.05) is 6.92 Å². The summed E-state index contributed by atoms with van der Waals surface area (Å²) >= 11 is 0. The topological polar surface area (TPSA) is 55.3 Å². The Balaban J connectivity index is 2.04. The van der Waals surface area contributed by atoms with Crippen LogP contribution < -0.4 is 10.6 Å². The van der Waals surface area contributed by atoms with Gasteiger partial charge in [0.2, 0.25) is 0 Å². The first-order chi connectivity index (χ1) is 8.70. The Morgan fingerprint density at radius 3 is 2.78 bits per heavy atom. The second-order valence-electron chi connectivity index (χ2n) is 4.44. The van der Waals surface area contributed by atoms with Gasteiger partial charge in [-0.15, -0.1) is 0 Å².